The maximum atomic E-state index is 5.29. The first kappa shape index (κ1) is 18.2. The number of ether oxygens (including phenoxy) is 1. The molecule has 0 amide bonds. The van der Waals surface area contributed by atoms with Crippen LogP contribution in [0.2, 0.25) is 0 Å². The molecule has 0 fully saturated rings. The van der Waals surface area contributed by atoms with Crippen molar-refractivity contribution in [3.05, 3.63) is 45.6 Å². The van der Waals surface area contributed by atoms with Crippen molar-refractivity contribution in [3.63, 3.8) is 0 Å². The van der Waals surface area contributed by atoms with Gasteiger partial charge >= 0.3 is 0 Å². The Kier molecular flexibility index (Phi) is 6.00. The lowest BCUT2D eigenvalue weighted by Gasteiger charge is -2.03. The number of aryl methyl sites for hydroxylation is 1. The molecule has 9 heteroatoms. The summed E-state index contributed by atoms with van der Waals surface area (Å²) in [6.45, 7) is 2.41. The summed E-state index contributed by atoms with van der Waals surface area (Å²) >= 11 is 6.46. The summed E-state index contributed by atoms with van der Waals surface area (Å²) in [6.07, 6.45) is 7.55. The molecule has 6 nitrogen and oxygen atoms in total. The summed E-state index contributed by atoms with van der Waals surface area (Å²) in [7, 11) is 1.66. The van der Waals surface area contributed by atoms with Gasteiger partial charge in [-0.1, -0.05) is 23.1 Å². The molecule has 0 aliphatic carbocycles. The first-order chi connectivity index (χ1) is 12.1. The van der Waals surface area contributed by atoms with Crippen LogP contribution in [-0.4, -0.2) is 32.9 Å². The normalized spacial score (nSPS) is 11.9. The van der Waals surface area contributed by atoms with Crippen molar-refractivity contribution >= 4 is 44.8 Å². The minimum absolute atomic E-state index is 0.408. The Morgan fingerprint density at radius 3 is 2.84 bits per heavy atom. The first-order valence-corrected chi connectivity index (χ1v) is 10.2. The number of methoxy groups -OCH3 is 1. The number of rotatable bonds is 5. The fourth-order valence-electron chi connectivity index (χ4n) is 2.11. The lowest BCUT2D eigenvalue weighted by Crippen LogP contribution is -2.14. The van der Waals surface area contributed by atoms with E-state index in [0.29, 0.717) is 12.5 Å². The predicted molar refractivity (Wildman–Crippen MR) is 104 cm³/mol. The van der Waals surface area contributed by atoms with Crippen molar-refractivity contribution in [2.75, 3.05) is 13.4 Å². The van der Waals surface area contributed by atoms with Crippen molar-refractivity contribution in [2.24, 2.45) is 4.99 Å². The molecule has 0 aliphatic heterocycles. The number of hydrogen-bond donors (Lipinski definition) is 0. The smallest absolute Gasteiger partial charge is 0.193 e. The highest BCUT2D eigenvalue weighted by Gasteiger charge is 2.11. The van der Waals surface area contributed by atoms with E-state index in [0.717, 1.165) is 30.6 Å². The Balaban J connectivity index is 2.10. The molecule has 0 radical (unpaired) electrons. The molecular weight excluding hydrogens is 422 g/mol. The number of hydrogen-bond acceptors (Lipinski definition) is 7. The molecule has 0 saturated carbocycles. The van der Waals surface area contributed by atoms with Crippen molar-refractivity contribution in [1.29, 1.82) is 0 Å². The zero-order valence-electron chi connectivity index (χ0n) is 13.9. The van der Waals surface area contributed by atoms with Crippen LogP contribution < -0.4 is 4.80 Å². The molecule has 0 aromatic carbocycles. The topological polar surface area (TPSA) is 65.2 Å². The summed E-state index contributed by atoms with van der Waals surface area (Å²) in [4.78, 5) is 19.7. The molecule has 130 valence electrons. The van der Waals surface area contributed by atoms with Gasteiger partial charge < -0.3 is 4.74 Å². The molecule has 0 bridgehead atoms. The third kappa shape index (κ3) is 4.35. The summed E-state index contributed by atoms with van der Waals surface area (Å²) < 4.78 is 8.16. The summed E-state index contributed by atoms with van der Waals surface area (Å²) in [5.41, 5.74) is 1.94. The summed E-state index contributed by atoms with van der Waals surface area (Å²) in [5.74, 6) is 0.644. The van der Waals surface area contributed by atoms with Crippen LogP contribution in [0.1, 0.15) is 5.56 Å². The van der Waals surface area contributed by atoms with Crippen molar-refractivity contribution < 1.29 is 4.74 Å². The number of thiazole rings is 1. The number of nitrogens with zero attached hydrogens (tertiary/aromatic N) is 5. The fourth-order valence-corrected chi connectivity index (χ4v) is 3.73. The highest BCUT2D eigenvalue weighted by atomic mass is 79.9. The second-order valence-electron chi connectivity index (χ2n) is 5.10. The molecule has 0 unspecified atom stereocenters. The van der Waals surface area contributed by atoms with Gasteiger partial charge in [-0.15, -0.1) is 0 Å². The van der Waals surface area contributed by atoms with E-state index in [2.05, 4.69) is 35.9 Å². The SMILES string of the molecule is COCn1cc(-c2nc(SC)ncc2C)s/c1=N\c1ccc(Br)cn1. The Morgan fingerprint density at radius 1 is 1.32 bits per heavy atom. The third-order valence-corrected chi connectivity index (χ3v) is 5.33. The maximum Gasteiger partial charge on any atom is 0.193 e. The predicted octanol–water partition coefficient (Wildman–Crippen LogP) is 4.03. The van der Waals surface area contributed by atoms with Crippen LogP contribution in [-0.2, 0) is 11.5 Å². The molecule has 0 atom stereocenters. The van der Waals surface area contributed by atoms with Crippen LogP contribution in [0, 0.1) is 6.92 Å². The fraction of sp³-hybridized carbons (Fsp3) is 0.250. The first-order valence-electron chi connectivity index (χ1n) is 7.34. The maximum absolute atomic E-state index is 5.29. The largest absolute Gasteiger partial charge is 0.364 e. The standard InChI is InChI=1S/C16H16BrN5OS2/c1-10-6-19-15(24-3)21-14(10)12-8-22(9-23-2)16(25-12)20-13-5-4-11(17)7-18-13/h4-8H,9H2,1-3H3/b20-16-. The van der Waals surface area contributed by atoms with Gasteiger partial charge in [-0.25, -0.2) is 19.9 Å². The van der Waals surface area contributed by atoms with Gasteiger partial charge in [0.1, 0.15) is 6.73 Å². The lowest BCUT2D eigenvalue weighted by atomic mass is 10.2. The molecule has 25 heavy (non-hydrogen) atoms. The van der Waals surface area contributed by atoms with E-state index in [1.807, 2.05) is 42.3 Å². The Bertz CT molecular complexity index is 936. The minimum atomic E-state index is 0.408. The number of pyridine rings is 1. The van der Waals surface area contributed by atoms with Gasteiger partial charge in [-0.2, -0.15) is 0 Å². The zero-order valence-corrected chi connectivity index (χ0v) is 17.2. The average Bonchev–Trinajstić information content (AvgIpc) is 3.00. The summed E-state index contributed by atoms with van der Waals surface area (Å²) in [6, 6.07) is 3.78. The molecular formula is C16H16BrN5OS2. The van der Waals surface area contributed by atoms with Gasteiger partial charge in [-0.3, -0.25) is 4.57 Å². The van der Waals surface area contributed by atoms with E-state index < -0.39 is 0 Å². The molecule has 3 heterocycles. The van der Waals surface area contributed by atoms with Crippen LogP contribution in [0.5, 0.6) is 0 Å². The second-order valence-corrected chi connectivity index (χ2v) is 7.80. The van der Waals surface area contributed by atoms with Crippen molar-refractivity contribution in [1.82, 2.24) is 19.5 Å². The van der Waals surface area contributed by atoms with Crippen molar-refractivity contribution in [3.8, 4) is 10.6 Å². The van der Waals surface area contributed by atoms with Crippen LogP contribution in [0.4, 0.5) is 5.82 Å². The average molecular weight is 438 g/mol. The molecule has 3 aromatic rings. The van der Waals surface area contributed by atoms with E-state index in [-0.39, 0.29) is 0 Å². The van der Waals surface area contributed by atoms with Crippen LogP contribution >= 0.6 is 39.0 Å². The molecule has 0 saturated heterocycles. The molecule has 0 aliphatic rings. The molecule has 0 spiro atoms. The van der Waals surface area contributed by atoms with Crippen LogP contribution in [0.25, 0.3) is 10.6 Å². The zero-order chi connectivity index (χ0) is 17.8. The van der Waals surface area contributed by atoms with E-state index in [1.54, 1.807) is 24.6 Å². The monoisotopic (exact) mass is 437 g/mol. The van der Waals surface area contributed by atoms with Crippen LogP contribution in [0.3, 0.4) is 0 Å². The van der Waals surface area contributed by atoms with Crippen LogP contribution in [0.15, 0.2) is 45.3 Å². The molecule has 3 aromatic heterocycles. The Hall–Kier alpha value is -1.55. The number of halogens is 1. The van der Waals surface area contributed by atoms with E-state index in [4.69, 9.17) is 4.74 Å². The van der Waals surface area contributed by atoms with Gasteiger partial charge in [-0.05, 0) is 46.8 Å². The molecule has 3 rings (SSSR count). The number of aromatic nitrogens is 4. The van der Waals surface area contributed by atoms with Gasteiger partial charge in [0.05, 0.1) is 10.6 Å². The Morgan fingerprint density at radius 2 is 2.16 bits per heavy atom. The van der Waals surface area contributed by atoms with Gasteiger partial charge in [0.15, 0.2) is 15.8 Å². The van der Waals surface area contributed by atoms with E-state index >= 15 is 0 Å². The minimum Gasteiger partial charge on any atom is -0.364 e. The van der Waals surface area contributed by atoms with E-state index in [1.165, 1.54) is 11.8 Å². The summed E-state index contributed by atoms with van der Waals surface area (Å²) in [5, 5.41) is 0.750. The number of thioether (sulfide) groups is 1. The Labute approximate surface area is 162 Å². The quantitative estimate of drug-likeness (QED) is 0.445. The van der Waals surface area contributed by atoms with Gasteiger partial charge in [0.25, 0.3) is 0 Å². The molecule has 0 N–H and O–H groups in total. The third-order valence-electron chi connectivity index (χ3n) is 3.28. The highest BCUT2D eigenvalue weighted by molar-refractivity contribution is 9.10. The van der Waals surface area contributed by atoms with E-state index in [9.17, 15) is 0 Å². The van der Waals surface area contributed by atoms with Gasteiger partial charge in [0, 0.05) is 30.2 Å². The highest BCUT2D eigenvalue weighted by Crippen LogP contribution is 2.25. The van der Waals surface area contributed by atoms with Gasteiger partial charge in [0.2, 0.25) is 0 Å². The second kappa shape index (κ2) is 8.22. The van der Waals surface area contributed by atoms with Crippen molar-refractivity contribution in [2.45, 2.75) is 18.8 Å². The lowest BCUT2D eigenvalue weighted by molar-refractivity contribution is 0.129.